The van der Waals surface area contributed by atoms with Crippen molar-refractivity contribution in [2.45, 2.75) is 73.5 Å². The molecule has 1 atom stereocenters. The summed E-state index contributed by atoms with van der Waals surface area (Å²) in [6.07, 6.45) is 2.74. The largest absolute Gasteiger partial charge is 0.234 e. The molecule has 1 unspecified atom stereocenters. The summed E-state index contributed by atoms with van der Waals surface area (Å²) in [6.45, 7) is 16.2. The molecule has 0 aromatic heterocycles. The second kappa shape index (κ2) is 7.91. The minimum atomic E-state index is -0.787. The Kier molecular flexibility index (Phi) is 7.11. The zero-order valence-corrected chi connectivity index (χ0v) is 14.9. The SMILES string of the molecule is CC(C)COOC1(OOCC(C)C)CC(C)CC(C)(C)C1. The summed E-state index contributed by atoms with van der Waals surface area (Å²) in [5.74, 6) is 0.574. The van der Waals surface area contributed by atoms with Crippen LogP contribution in [0, 0.1) is 23.2 Å². The Balaban J connectivity index is 2.67. The fraction of sp³-hybridized carbons (Fsp3) is 1.00. The standard InChI is InChI=1S/C17H34O4/c1-13(2)10-18-20-17(21-19-11-14(3)4)9-15(5)8-16(6,7)12-17/h13-15H,8-12H2,1-7H3. The van der Waals surface area contributed by atoms with E-state index in [4.69, 9.17) is 19.6 Å². The highest BCUT2D eigenvalue weighted by molar-refractivity contribution is 4.88. The van der Waals surface area contributed by atoms with Crippen molar-refractivity contribution in [3.63, 3.8) is 0 Å². The molecule has 0 N–H and O–H groups in total. The maximum absolute atomic E-state index is 5.72. The molecule has 1 saturated carbocycles. The number of rotatable bonds is 8. The van der Waals surface area contributed by atoms with Crippen molar-refractivity contribution in [3.8, 4) is 0 Å². The van der Waals surface area contributed by atoms with Crippen molar-refractivity contribution in [1.29, 1.82) is 0 Å². The van der Waals surface area contributed by atoms with Crippen LogP contribution in [-0.4, -0.2) is 19.0 Å². The van der Waals surface area contributed by atoms with Crippen LogP contribution in [0.25, 0.3) is 0 Å². The molecule has 0 amide bonds. The maximum atomic E-state index is 5.72. The second-order valence-electron chi connectivity index (χ2n) is 8.29. The molecule has 1 aliphatic rings. The topological polar surface area (TPSA) is 36.9 Å². The lowest BCUT2D eigenvalue weighted by atomic mass is 9.70. The van der Waals surface area contributed by atoms with Crippen molar-refractivity contribution < 1.29 is 19.6 Å². The first kappa shape index (κ1) is 18.9. The van der Waals surface area contributed by atoms with Gasteiger partial charge in [0.2, 0.25) is 5.79 Å². The van der Waals surface area contributed by atoms with Gasteiger partial charge in [-0.3, -0.25) is 0 Å². The van der Waals surface area contributed by atoms with Gasteiger partial charge in [0.1, 0.15) is 0 Å². The summed E-state index contributed by atoms with van der Waals surface area (Å²) in [6, 6.07) is 0. The minimum absolute atomic E-state index is 0.153. The van der Waals surface area contributed by atoms with E-state index in [1.807, 2.05) is 0 Å². The predicted octanol–water partition coefficient (Wildman–Crippen LogP) is 4.74. The van der Waals surface area contributed by atoms with Crippen LogP contribution in [0.5, 0.6) is 0 Å². The Morgan fingerprint density at radius 1 is 0.905 bits per heavy atom. The van der Waals surface area contributed by atoms with E-state index < -0.39 is 5.79 Å². The molecule has 1 fully saturated rings. The lowest BCUT2D eigenvalue weighted by Crippen LogP contribution is -2.46. The van der Waals surface area contributed by atoms with Crippen molar-refractivity contribution in [2.24, 2.45) is 23.2 Å². The molecule has 1 aliphatic carbocycles. The Hall–Kier alpha value is -0.160. The molecule has 0 aromatic rings. The first-order valence-corrected chi connectivity index (χ1v) is 8.25. The Bertz CT molecular complexity index is 285. The quantitative estimate of drug-likeness (QED) is 0.369. The summed E-state index contributed by atoms with van der Waals surface area (Å²) in [7, 11) is 0. The third kappa shape index (κ3) is 7.09. The lowest BCUT2D eigenvalue weighted by Gasteiger charge is -2.44. The van der Waals surface area contributed by atoms with Crippen molar-refractivity contribution in [1.82, 2.24) is 0 Å². The molecule has 1 rings (SSSR count). The molecule has 0 aromatic carbocycles. The number of hydrogen-bond donors (Lipinski definition) is 0. The Labute approximate surface area is 130 Å². The van der Waals surface area contributed by atoms with E-state index in [1.54, 1.807) is 0 Å². The second-order valence-corrected chi connectivity index (χ2v) is 8.29. The van der Waals surface area contributed by atoms with E-state index in [-0.39, 0.29) is 5.41 Å². The van der Waals surface area contributed by atoms with Crippen LogP contribution >= 0.6 is 0 Å². The number of hydrogen-bond acceptors (Lipinski definition) is 4. The first-order chi connectivity index (χ1) is 9.64. The maximum Gasteiger partial charge on any atom is 0.234 e. The van der Waals surface area contributed by atoms with Gasteiger partial charge >= 0.3 is 0 Å². The third-order valence-corrected chi connectivity index (χ3v) is 3.53. The molecule has 0 spiro atoms. The van der Waals surface area contributed by atoms with Gasteiger partial charge in [-0.15, -0.1) is 0 Å². The van der Waals surface area contributed by atoms with E-state index in [9.17, 15) is 0 Å². The molecule has 0 aliphatic heterocycles. The van der Waals surface area contributed by atoms with E-state index in [2.05, 4.69) is 48.5 Å². The van der Waals surface area contributed by atoms with E-state index >= 15 is 0 Å². The van der Waals surface area contributed by atoms with Gasteiger partial charge in [0.05, 0.1) is 13.2 Å². The van der Waals surface area contributed by atoms with Crippen molar-refractivity contribution >= 4 is 0 Å². The molecule has 0 saturated heterocycles. The molecular weight excluding hydrogens is 268 g/mol. The fourth-order valence-electron chi connectivity index (χ4n) is 3.12. The van der Waals surface area contributed by atoms with Gasteiger partial charge in [-0.25, -0.2) is 9.78 Å². The highest BCUT2D eigenvalue weighted by Crippen LogP contribution is 2.46. The molecule has 0 bridgehead atoms. The summed E-state index contributed by atoms with van der Waals surface area (Å²) in [5, 5.41) is 0. The normalized spacial score (nSPS) is 24.7. The molecule has 4 nitrogen and oxygen atoms in total. The zero-order chi connectivity index (χ0) is 16.1. The van der Waals surface area contributed by atoms with Crippen LogP contribution < -0.4 is 0 Å². The molecule has 21 heavy (non-hydrogen) atoms. The lowest BCUT2D eigenvalue weighted by molar-refractivity contribution is -0.525. The van der Waals surface area contributed by atoms with Crippen LogP contribution in [0.1, 0.15) is 67.7 Å². The minimum Gasteiger partial charge on any atom is -0.233 e. The molecular formula is C17H34O4. The highest BCUT2D eigenvalue weighted by Gasteiger charge is 2.47. The van der Waals surface area contributed by atoms with E-state index in [0.29, 0.717) is 31.0 Å². The Morgan fingerprint density at radius 2 is 1.38 bits per heavy atom. The van der Waals surface area contributed by atoms with Gasteiger partial charge in [0.15, 0.2) is 0 Å². The van der Waals surface area contributed by atoms with Crippen molar-refractivity contribution in [2.75, 3.05) is 13.2 Å². The summed E-state index contributed by atoms with van der Waals surface area (Å²) >= 11 is 0. The zero-order valence-electron chi connectivity index (χ0n) is 14.9. The van der Waals surface area contributed by atoms with Crippen LogP contribution in [0.3, 0.4) is 0 Å². The first-order valence-electron chi connectivity index (χ1n) is 8.25. The fourth-order valence-corrected chi connectivity index (χ4v) is 3.12. The predicted molar refractivity (Wildman–Crippen MR) is 83.3 cm³/mol. The average Bonchev–Trinajstić information content (AvgIpc) is 2.24. The average molecular weight is 302 g/mol. The van der Waals surface area contributed by atoms with Crippen molar-refractivity contribution in [3.05, 3.63) is 0 Å². The van der Waals surface area contributed by atoms with Gasteiger partial charge < -0.3 is 0 Å². The Morgan fingerprint density at radius 3 is 1.76 bits per heavy atom. The third-order valence-electron chi connectivity index (χ3n) is 3.53. The van der Waals surface area contributed by atoms with Gasteiger partial charge in [0.25, 0.3) is 0 Å². The summed E-state index contributed by atoms with van der Waals surface area (Å²) < 4.78 is 0. The van der Waals surface area contributed by atoms with Gasteiger partial charge in [0, 0.05) is 12.8 Å². The summed E-state index contributed by atoms with van der Waals surface area (Å²) in [5.41, 5.74) is 0.153. The van der Waals surface area contributed by atoms with E-state index in [0.717, 1.165) is 19.3 Å². The van der Waals surface area contributed by atoms with Gasteiger partial charge in [-0.1, -0.05) is 48.5 Å². The van der Waals surface area contributed by atoms with Crippen LogP contribution in [0.4, 0.5) is 0 Å². The molecule has 126 valence electrons. The van der Waals surface area contributed by atoms with Crippen LogP contribution in [-0.2, 0) is 19.6 Å². The van der Waals surface area contributed by atoms with Gasteiger partial charge in [-0.05, 0) is 29.6 Å². The van der Waals surface area contributed by atoms with Crippen LogP contribution in [0.2, 0.25) is 0 Å². The van der Waals surface area contributed by atoms with Gasteiger partial charge in [-0.2, -0.15) is 9.78 Å². The summed E-state index contributed by atoms with van der Waals surface area (Å²) in [4.78, 5) is 22.3. The molecule has 0 radical (unpaired) electrons. The smallest absolute Gasteiger partial charge is 0.233 e. The van der Waals surface area contributed by atoms with Crippen LogP contribution in [0.15, 0.2) is 0 Å². The van der Waals surface area contributed by atoms with E-state index in [1.165, 1.54) is 0 Å². The highest BCUT2D eigenvalue weighted by atomic mass is 17.3. The molecule has 0 heterocycles. The molecule has 4 heteroatoms. The monoisotopic (exact) mass is 302 g/mol.